The quantitative estimate of drug-likeness (QED) is 0.853. The largest absolute Gasteiger partial charge is 0.488 e. The summed E-state index contributed by atoms with van der Waals surface area (Å²) in [7, 11) is 2.11. The lowest BCUT2D eigenvalue weighted by molar-refractivity contribution is 0.0388. The summed E-state index contributed by atoms with van der Waals surface area (Å²) in [6.45, 7) is 2.07. The highest BCUT2D eigenvalue weighted by atomic mass is 16.5. The van der Waals surface area contributed by atoms with Gasteiger partial charge in [0.15, 0.2) is 0 Å². The maximum atomic E-state index is 6.11. The van der Waals surface area contributed by atoms with Gasteiger partial charge in [-0.25, -0.2) is 0 Å². The van der Waals surface area contributed by atoms with Crippen LogP contribution in [-0.4, -0.2) is 36.7 Å². The molecule has 2 aliphatic rings. The molecule has 2 fully saturated rings. The van der Waals surface area contributed by atoms with Gasteiger partial charge < -0.3 is 10.5 Å². The summed E-state index contributed by atoms with van der Waals surface area (Å²) >= 11 is 0. The Morgan fingerprint density at radius 2 is 1.94 bits per heavy atom. The predicted octanol–water partition coefficient (Wildman–Crippen LogP) is 1.41. The third-order valence-corrected chi connectivity index (χ3v) is 3.71. The molecule has 1 aromatic carbocycles. The number of nitrogens with two attached hydrogens (primary N) is 1. The Hall–Kier alpha value is -1.06. The Labute approximate surface area is 103 Å². The molecule has 0 unspecified atom stereocenters. The lowest BCUT2D eigenvalue weighted by atomic mass is 10.1. The first-order valence-electron chi connectivity index (χ1n) is 6.36. The van der Waals surface area contributed by atoms with Gasteiger partial charge in [0.2, 0.25) is 0 Å². The Morgan fingerprint density at radius 3 is 2.47 bits per heavy atom. The molecule has 1 saturated heterocycles. The monoisotopic (exact) mass is 232 g/mol. The molecule has 3 heteroatoms. The molecule has 0 atom stereocenters. The molecule has 3 nitrogen and oxygen atoms in total. The van der Waals surface area contributed by atoms with Gasteiger partial charge in [-0.2, -0.15) is 0 Å². The molecule has 1 saturated carbocycles. The SMILES string of the molecule is CN1CC(Oc2ccc(CC3(N)CC3)cc2)C1. The van der Waals surface area contributed by atoms with Gasteiger partial charge in [0.05, 0.1) is 0 Å². The van der Waals surface area contributed by atoms with E-state index in [1.807, 2.05) is 0 Å². The van der Waals surface area contributed by atoms with Crippen molar-refractivity contribution in [3.05, 3.63) is 29.8 Å². The number of hydrogen-bond acceptors (Lipinski definition) is 3. The van der Waals surface area contributed by atoms with E-state index in [1.54, 1.807) is 0 Å². The van der Waals surface area contributed by atoms with E-state index in [-0.39, 0.29) is 5.54 Å². The summed E-state index contributed by atoms with van der Waals surface area (Å²) in [4.78, 5) is 2.25. The van der Waals surface area contributed by atoms with Crippen molar-refractivity contribution in [3.8, 4) is 5.75 Å². The van der Waals surface area contributed by atoms with Crippen molar-refractivity contribution < 1.29 is 4.74 Å². The van der Waals surface area contributed by atoms with Crippen LogP contribution in [0.3, 0.4) is 0 Å². The number of rotatable bonds is 4. The first-order valence-corrected chi connectivity index (χ1v) is 6.36. The molecule has 1 aliphatic carbocycles. The molecule has 1 aliphatic heterocycles. The molecule has 0 amide bonds. The predicted molar refractivity (Wildman–Crippen MR) is 68.2 cm³/mol. The minimum Gasteiger partial charge on any atom is -0.488 e. The van der Waals surface area contributed by atoms with Crippen LogP contribution in [-0.2, 0) is 6.42 Å². The van der Waals surface area contributed by atoms with Gasteiger partial charge in [-0.1, -0.05) is 12.1 Å². The maximum absolute atomic E-state index is 6.11. The van der Waals surface area contributed by atoms with E-state index >= 15 is 0 Å². The van der Waals surface area contributed by atoms with Crippen LogP contribution >= 0.6 is 0 Å². The van der Waals surface area contributed by atoms with Crippen molar-refractivity contribution in [1.82, 2.24) is 4.90 Å². The number of benzene rings is 1. The summed E-state index contributed by atoms with van der Waals surface area (Å²) in [5, 5.41) is 0. The van der Waals surface area contributed by atoms with Crippen LogP contribution < -0.4 is 10.5 Å². The van der Waals surface area contributed by atoms with Crippen LogP contribution in [0.15, 0.2) is 24.3 Å². The zero-order chi connectivity index (χ0) is 11.9. The molecular formula is C14H20N2O. The van der Waals surface area contributed by atoms with Crippen LogP contribution in [0, 0.1) is 0 Å². The smallest absolute Gasteiger partial charge is 0.124 e. The standard InChI is InChI=1S/C14H20N2O/c1-16-9-13(10-16)17-12-4-2-11(3-5-12)8-14(15)6-7-14/h2-5,13H,6-10,15H2,1H3. The molecule has 3 rings (SSSR count). The average Bonchev–Trinajstić information content (AvgIpc) is 2.97. The zero-order valence-corrected chi connectivity index (χ0v) is 10.4. The van der Waals surface area contributed by atoms with Crippen molar-refractivity contribution in [3.63, 3.8) is 0 Å². The van der Waals surface area contributed by atoms with Crippen LogP contribution in [0.25, 0.3) is 0 Å². The van der Waals surface area contributed by atoms with E-state index in [4.69, 9.17) is 10.5 Å². The molecule has 92 valence electrons. The molecule has 17 heavy (non-hydrogen) atoms. The number of ether oxygens (including phenoxy) is 1. The Bertz CT molecular complexity index is 391. The van der Waals surface area contributed by atoms with E-state index in [1.165, 1.54) is 18.4 Å². The number of likely N-dealkylation sites (N-methyl/N-ethyl adjacent to an activating group) is 1. The number of nitrogens with zero attached hydrogens (tertiary/aromatic N) is 1. The second-order valence-corrected chi connectivity index (χ2v) is 5.64. The highest BCUT2D eigenvalue weighted by molar-refractivity contribution is 5.29. The molecule has 1 aromatic rings. The van der Waals surface area contributed by atoms with E-state index in [0.717, 1.165) is 25.3 Å². The molecule has 1 heterocycles. The normalized spacial score (nSPS) is 23.2. The van der Waals surface area contributed by atoms with Gasteiger partial charge in [0, 0.05) is 18.6 Å². The van der Waals surface area contributed by atoms with Gasteiger partial charge >= 0.3 is 0 Å². The van der Waals surface area contributed by atoms with Gasteiger partial charge in [-0.05, 0) is 44.0 Å². The fourth-order valence-corrected chi connectivity index (χ4v) is 2.34. The van der Waals surface area contributed by atoms with E-state index in [2.05, 4.69) is 36.2 Å². The summed E-state index contributed by atoms with van der Waals surface area (Å²) < 4.78 is 5.85. The zero-order valence-electron chi connectivity index (χ0n) is 10.4. The minimum absolute atomic E-state index is 0.0963. The van der Waals surface area contributed by atoms with Crippen molar-refractivity contribution in [1.29, 1.82) is 0 Å². The Balaban J connectivity index is 1.56. The summed E-state index contributed by atoms with van der Waals surface area (Å²) in [6, 6.07) is 8.42. The molecule has 0 bridgehead atoms. The second-order valence-electron chi connectivity index (χ2n) is 5.64. The maximum Gasteiger partial charge on any atom is 0.124 e. The molecule has 0 aromatic heterocycles. The van der Waals surface area contributed by atoms with E-state index in [0.29, 0.717) is 6.10 Å². The Morgan fingerprint density at radius 1 is 1.29 bits per heavy atom. The third kappa shape index (κ3) is 2.61. The summed E-state index contributed by atoms with van der Waals surface area (Å²) in [5.41, 5.74) is 7.53. The highest BCUT2D eigenvalue weighted by Crippen LogP contribution is 2.35. The fraction of sp³-hybridized carbons (Fsp3) is 0.571. The molecular weight excluding hydrogens is 212 g/mol. The summed E-state index contributed by atoms with van der Waals surface area (Å²) in [5.74, 6) is 0.980. The topological polar surface area (TPSA) is 38.5 Å². The highest BCUT2D eigenvalue weighted by Gasteiger charge is 2.37. The fourth-order valence-electron chi connectivity index (χ4n) is 2.34. The van der Waals surface area contributed by atoms with Crippen LogP contribution in [0.2, 0.25) is 0 Å². The molecule has 0 radical (unpaired) electrons. The third-order valence-electron chi connectivity index (χ3n) is 3.71. The van der Waals surface area contributed by atoms with Crippen LogP contribution in [0.4, 0.5) is 0 Å². The summed E-state index contributed by atoms with van der Waals surface area (Å²) in [6.07, 6.45) is 3.70. The minimum atomic E-state index is 0.0963. The Kier molecular flexibility index (Phi) is 2.60. The molecule has 0 spiro atoms. The van der Waals surface area contributed by atoms with Crippen molar-refractivity contribution in [2.75, 3.05) is 20.1 Å². The lowest BCUT2D eigenvalue weighted by Gasteiger charge is -2.36. The van der Waals surface area contributed by atoms with Crippen molar-refractivity contribution in [2.24, 2.45) is 5.73 Å². The lowest BCUT2D eigenvalue weighted by Crippen LogP contribution is -2.51. The van der Waals surface area contributed by atoms with Gasteiger partial charge in [-0.15, -0.1) is 0 Å². The van der Waals surface area contributed by atoms with Crippen LogP contribution in [0.1, 0.15) is 18.4 Å². The number of hydrogen-bond donors (Lipinski definition) is 1. The van der Waals surface area contributed by atoms with E-state index < -0.39 is 0 Å². The van der Waals surface area contributed by atoms with Gasteiger partial charge in [0.25, 0.3) is 0 Å². The first kappa shape index (κ1) is 11.1. The van der Waals surface area contributed by atoms with E-state index in [9.17, 15) is 0 Å². The van der Waals surface area contributed by atoms with Gasteiger partial charge in [-0.3, -0.25) is 4.90 Å². The average molecular weight is 232 g/mol. The second kappa shape index (κ2) is 4.00. The van der Waals surface area contributed by atoms with Crippen molar-refractivity contribution in [2.45, 2.75) is 30.9 Å². The van der Waals surface area contributed by atoms with Crippen LogP contribution in [0.5, 0.6) is 5.75 Å². The van der Waals surface area contributed by atoms with Gasteiger partial charge in [0.1, 0.15) is 11.9 Å². The first-order chi connectivity index (χ1) is 8.13. The van der Waals surface area contributed by atoms with Crippen molar-refractivity contribution >= 4 is 0 Å². The number of likely N-dealkylation sites (tertiary alicyclic amines) is 1. The molecule has 2 N–H and O–H groups in total.